The van der Waals surface area contributed by atoms with Gasteiger partial charge in [-0.2, -0.15) is 4.98 Å². The topological polar surface area (TPSA) is 113 Å². The Balaban J connectivity index is 2.10. The molecule has 1 saturated heterocycles. The summed E-state index contributed by atoms with van der Waals surface area (Å²) in [6, 6.07) is 0. The van der Waals surface area contributed by atoms with Gasteiger partial charge in [-0.1, -0.05) is 19.6 Å². The Morgan fingerprint density at radius 2 is 1.53 bits per heavy atom. The van der Waals surface area contributed by atoms with Crippen LogP contribution in [0.25, 0.3) is 11.2 Å². The van der Waals surface area contributed by atoms with E-state index in [1.54, 1.807) is 6.33 Å². The summed E-state index contributed by atoms with van der Waals surface area (Å²) in [4.78, 5) is 28.2. The number of hydrogen-bond donors (Lipinski definition) is 2. The van der Waals surface area contributed by atoms with Gasteiger partial charge in [-0.05, 0) is 58.9 Å². The van der Waals surface area contributed by atoms with Crippen LogP contribution in [0.15, 0.2) is 11.1 Å². The number of aromatic nitrogens is 4. The van der Waals surface area contributed by atoms with Crippen LogP contribution in [-0.4, -0.2) is 77.6 Å². The minimum atomic E-state index is -2.01. The van der Waals surface area contributed by atoms with Gasteiger partial charge < -0.3 is 23.0 Å². The van der Waals surface area contributed by atoms with Gasteiger partial charge in [0.1, 0.15) is 26.5 Å². The predicted molar refractivity (Wildman–Crippen MR) is 155 cm³/mol. The first-order valence-electron chi connectivity index (χ1n) is 12.6. The average Bonchev–Trinajstić information content (AvgIpc) is 3.18. The van der Waals surface area contributed by atoms with E-state index in [0.29, 0.717) is 18.2 Å². The summed E-state index contributed by atoms with van der Waals surface area (Å²) in [5, 5.41) is 0. The van der Waals surface area contributed by atoms with Crippen LogP contribution in [0.5, 0.6) is 0 Å². The van der Waals surface area contributed by atoms with Crippen molar-refractivity contribution in [3.05, 3.63) is 16.7 Å². The Kier molecular flexibility index (Phi) is 8.34. The molecule has 3 heterocycles. The first-order chi connectivity index (χ1) is 16.2. The van der Waals surface area contributed by atoms with E-state index >= 15 is 0 Å². The zero-order valence-corrected chi connectivity index (χ0v) is 28.0. The van der Waals surface area contributed by atoms with Gasteiger partial charge in [-0.15, -0.1) is 0 Å². The maximum atomic E-state index is 12.9. The van der Waals surface area contributed by atoms with Crippen LogP contribution < -0.4 is 10.5 Å². The molecule has 1 aliphatic heterocycles. The van der Waals surface area contributed by atoms with Crippen LogP contribution in [0, 0.1) is 0 Å². The first kappa shape index (κ1) is 29.4. The quantitative estimate of drug-likeness (QED) is 0.399. The highest BCUT2D eigenvalue weighted by Gasteiger charge is 2.50. The maximum absolute atomic E-state index is 12.9. The van der Waals surface area contributed by atoms with Crippen molar-refractivity contribution in [1.82, 2.24) is 19.5 Å². The molecule has 0 spiro atoms. The van der Waals surface area contributed by atoms with E-state index in [1.165, 1.54) is 0 Å². The molecule has 0 amide bonds. The number of H-pyrrole nitrogens is 1. The lowest BCUT2D eigenvalue weighted by Crippen LogP contribution is -2.48. The van der Waals surface area contributed by atoms with Crippen molar-refractivity contribution in [2.75, 3.05) is 11.6 Å². The molecule has 0 bridgehead atoms. The van der Waals surface area contributed by atoms with Crippen molar-refractivity contribution < 1.29 is 18.0 Å². The molecule has 2 N–H and O–H groups in total. The van der Waals surface area contributed by atoms with Gasteiger partial charge in [-0.3, -0.25) is 14.3 Å². The van der Waals surface area contributed by atoms with E-state index in [1.807, 2.05) is 4.57 Å². The number of ether oxygens (including phenoxy) is 1. The molecule has 0 aromatic carbocycles. The molecule has 3 rings (SSSR count). The molecule has 14 heteroatoms. The normalized spacial score (nSPS) is 24.0. The van der Waals surface area contributed by atoms with Crippen LogP contribution in [-0.2, 0) is 18.0 Å². The second kappa shape index (κ2) is 10.2. The Bertz CT molecular complexity index is 1110. The lowest BCUT2D eigenvalue weighted by atomic mass is 10.1. The van der Waals surface area contributed by atoms with E-state index in [-0.39, 0.29) is 29.4 Å². The molecule has 0 aliphatic carbocycles. The number of anilines is 1. The number of nitrogens with zero attached hydrogens (tertiary/aromatic N) is 3. The lowest BCUT2D eigenvalue weighted by Gasteiger charge is -2.34. The second-order valence-electron chi connectivity index (χ2n) is 13.5. The second-order valence-corrected chi connectivity index (χ2v) is 31.7. The van der Waals surface area contributed by atoms with Gasteiger partial charge in [0.05, 0.1) is 12.9 Å². The highest BCUT2D eigenvalue weighted by Crippen LogP contribution is 2.38. The minimum absolute atomic E-state index is 0.274. The number of imidazole rings is 1. The molecule has 36 heavy (non-hydrogen) atoms. The van der Waals surface area contributed by atoms with Gasteiger partial charge in [0, 0.05) is 0 Å². The molecule has 4 atom stereocenters. The highest BCUT2D eigenvalue weighted by molar-refractivity contribution is 6.79. The van der Waals surface area contributed by atoms with Gasteiger partial charge in [0.2, 0.25) is 0 Å². The zero-order chi connectivity index (χ0) is 27.3. The summed E-state index contributed by atoms with van der Waals surface area (Å²) >= 11 is 0. The number of rotatable bonds is 10. The number of aromatic amines is 1. The Labute approximate surface area is 219 Å². The van der Waals surface area contributed by atoms with Crippen molar-refractivity contribution in [3.8, 4) is 0 Å². The Hall–Kier alpha value is -1.14. The summed E-state index contributed by atoms with van der Waals surface area (Å²) in [5.41, 5.74) is 0.455. The third kappa shape index (κ3) is 7.93. The largest absolute Gasteiger partial charge is 0.415 e. The van der Waals surface area contributed by atoms with Gasteiger partial charge in [-0.25, -0.2) is 4.98 Å². The number of fused-ring (bicyclic) bond motifs is 1. The summed E-state index contributed by atoms with van der Waals surface area (Å²) in [7, 11) is -7.51. The van der Waals surface area contributed by atoms with Crippen LogP contribution >= 0.6 is 0 Å². The molecule has 2 aromatic rings. The van der Waals surface area contributed by atoms with Crippen molar-refractivity contribution in [2.45, 2.75) is 103 Å². The Morgan fingerprint density at radius 1 is 0.944 bits per heavy atom. The van der Waals surface area contributed by atoms with Crippen molar-refractivity contribution >= 4 is 50.3 Å². The van der Waals surface area contributed by atoms with E-state index < -0.39 is 39.4 Å². The van der Waals surface area contributed by atoms with Crippen molar-refractivity contribution in [2.24, 2.45) is 0 Å². The summed E-state index contributed by atoms with van der Waals surface area (Å²) in [5.74, 6) is 0.447. The third-order valence-electron chi connectivity index (χ3n) is 5.15. The average molecular weight is 572 g/mol. The minimum Gasteiger partial charge on any atom is -0.415 e. The molecule has 10 nitrogen and oxygen atoms in total. The van der Waals surface area contributed by atoms with Gasteiger partial charge >= 0.3 is 0 Å². The molecular formula is C22H45N5O5Si4. The van der Waals surface area contributed by atoms with Crippen molar-refractivity contribution in [3.63, 3.8) is 0 Å². The lowest BCUT2D eigenvalue weighted by molar-refractivity contribution is -0.0456. The summed E-state index contributed by atoms with van der Waals surface area (Å²) < 4.78 is 28.2. The number of nitrogens with one attached hydrogen (secondary N) is 2. The molecule has 1 aliphatic rings. The van der Waals surface area contributed by atoms with Crippen LogP contribution in [0.1, 0.15) is 6.23 Å². The number of hydrogen-bond acceptors (Lipinski definition) is 8. The summed E-state index contributed by atoms with van der Waals surface area (Å²) in [6.07, 6.45) is 0.0829. The van der Waals surface area contributed by atoms with Gasteiger partial charge in [0.15, 0.2) is 48.3 Å². The van der Waals surface area contributed by atoms with Crippen LogP contribution in [0.3, 0.4) is 0 Å². The first-order valence-corrected chi connectivity index (χ1v) is 26.3. The third-order valence-corrected chi connectivity index (χ3v) is 9.12. The van der Waals surface area contributed by atoms with E-state index in [2.05, 4.69) is 93.5 Å². The molecule has 4 unspecified atom stereocenters. The zero-order valence-electron chi connectivity index (χ0n) is 24.0. The fourth-order valence-electron chi connectivity index (χ4n) is 4.01. The molecule has 204 valence electrons. The van der Waals surface area contributed by atoms with E-state index in [0.717, 1.165) is 0 Å². The smallest absolute Gasteiger partial charge is 0.280 e. The summed E-state index contributed by atoms with van der Waals surface area (Å²) in [6.45, 7) is 26.3. The molecule has 0 radical (unpaired) electrons. The van der Waals surface area contributed by atoms with Crippen LogP contribution in [0.2, 0.25) is 78.6 Å². The standard InChI is InChI=1S/C22H45N5O5Si4/c1-33(2,3)26-22-24-19-16(20(28)25-22)23-14-27(19)21-18(32-36(10,11)12)17(31-35(7,8)9)15(30-21)13-29-34(4,5)6/h14-15,17-18,21H,13H2,1-12H3,(H2,24,25,26,28). The van der Waals surface area contributed by atoms with Crippen LogP contribution in [0.4, 0.5) is 5.95 Å². The fraction of sp³-hybridized carbons (Fsp3) is 0.773. The monoisotopic (exact) mass is 571 g/mol. The van der Waals surface area contributed by atoms with Crippen molar-refractivity contribution in [1.29, 1.82) is 0 Å². The SMILES string of the molecule is C[Si](C)(C)Nc1nc2c(ncn2C2OC(CO[Si](C)(C)C)C(O[Si](C)(C)C)C2O[Si](C)(C)C)c(=O)[nH]1. The van der Waals surface area contributed by atoms with Gasteiger partial charge in [0.25, 0.3) is 5.56 Å². The molecule has 0 saturated carbocycles. The molecular weight excluding hydrogens is 527 g/mol. The maximum Gasteiger partial charge on any atom is 0.280 e. The molecule has 2 aromatic heterocycles. The van der Waals surface area contributed by atoms with E-state index in [4.69, 9.17) is 23.0 Å². The van der Waals surface area contributed by atoms with E-state index in [9.17, 15) is 4.79 Å². The Morgan fingerprint density at radius 3 is 2.06 bits per heavy atom. The highest BCUT2D eigenvalue weighted by atomic mass is 28.4. The molecule has 1 fully saturated rings. The predicted octanol–water partition coefficient (Wildman–Crippen LogP) is 4.56. The fourth-order valence-corrected chi connectivity index (χ4v) is 7.67.